The molecule has 142 valence electrons. The number of ketones is 1. The minimum Gasteiger partial charge on any atom is -0.458 e. The van der Waals surface area contributed by atoms with Crippen molar-refractivity contribution in [2.45, 2.75) is 38.7 Å². The van der Waals surface area contributed by atoms with Crippen LogP contribution in [0.4, 0.5) is 4.79 Å². The molecular formula is C15H18N2O9. The van der Waals surface area contributed by atoms with Crippen LogP contribution in [0.15, 0.2) is 15.8 Å². The topological polar surface area (TPSA) is 143 Å². The highest BCUT2D eigenvalue weighted by Gasteiger charge is 2.40. The third-order valence-electron chi connectivity index (χ3n) is 3.64. The Morgan fingerprint density at radius 3 is 2.58 bits per heavy atom. The van der Waals surface area contributed by atoms with E-state index in [1.807, 2.05) is 4.98 Å². The number of aromatic amines is 1. The molecule has 0 spiro atoms. The number of methoxy groups -OCH3 is 1. The second-order valence-corrected chi connectivity index (χ2v) is 5.56. The second kappa shape index (κ2) is 7.95. The maximum Gasteiger partial charge on any atom is 0.508 e. The number of hydrogen-bond donors (Lipinski definition) is 1. The Morgan fingerprint density at radius 2 is 2.00 bits per heavy atom. The summed E-state index contributed by atoms with van der Waals surface area (Å²) < 4.78 is 20.9. The predicted molar refractivity (Wildman–Crippen MR) is 83.8 cm³/mol. The first-order valence-electron chi connectivity index (χ1n) is 7.62. The summed E-state index contributed by atoms with van der Waals surface area (Å²) in [5.74, 6) is -1.16. The average molecular weight is 370 g/mol. The molecule has 1 aliphatic rings. The molecule has 1 aliphatic heterocycles. The van der Waals surface area contributed by atoms with Gasteiger partial charge in [0.15, 0.2) is 12.0 Å². The van der Waals surface area contributed by atoms with E-state index in [-0.39, 0.29) is 18.6 Å². The Balaban J connectivity index is 2.32. The molecule has 0 radical (unpaired) electrons. The minimum atomic E-state index is -1.10. The summed E-state index contributed by atoms with van der Waals surface area (Å²) in [5.41, 5.74) is -1.91. The van der Waals surface area contributed by atoms with E-state index in [1.165, 1.54) is 13.8 Å². The molecule has 1 saturated heterocycles. The summed E-state index contributed by atoms with van der Waals surface area (Å²) in [6.07, 6.45) is -2.42. The molecule has 1 N–H and O–H groups in total. The summed E-state index contributed by atoms with van der Waals surface area (Å²) in [6, 6.07) is 0. The zero-order chi connectivity index (χ0) is 19.4. The van der Waals surface area contributed by atoms with Crippen LogP contribution in [0, 0.1) is 0 Å². The molecule has 3 atom stereocenters. The van der Waals surface area contributed by atoms with Crippen LogP contribution in [-0.2, 0) is 23.7 Å². The lowest BCUT2D eigenvalue weighted by molar-refractivity contribution is -0.152. The largest absolute Gasteiger partial charge is 0.508 e. The SMILES string of the molecule is COC(=O)OC[C@@H]1C[C@@H](OC(C)=O)[C@H](n2cc(C(C)=O)c(=O)[nH]c2=O)O1. The van der Waals surface area contributed by atoms with Crippen LogP contribution in [0.5, 0.6) is 0 Å². The molecule has 2 rings (SSSR count). The van der Waals surface area contributed by atoms with Crippen LogP contribution >= 0.6 is 0 Å². The van der Waals surface area contributed by atoms with Gasteiger partial charge in [0.1, 0.15) is 12.7 Å². The summed E-state index contributed by atoms with van der Waals surface area (Å²) in [5, 5.41) is 0. The van der Waals surface area contributed by atoms with Gasteiger partial charge in [0.2, 0.25) is 0 Å². The lowest BCUT2D eigenvalue weighted by Gasteiger charge is -2.20. The quantitative estimate of drug-likeness (QED) is 0.547. The van der Waals surface area contributed by atoms with Gasteiger partial charge in [0, 0.05) is 19.5 Å². The van der Waals surface area contributed by atoms with E-state index in [0.29, 0.717) is 0 Å². The van der Waals surface area contributed by atoms with Crippen molar-refractivity contribution < 1.29 is 33.3 Å². The van der Waals surface area contributed by atoms with E-state index in [4.69, 9.17) is 14.2 Å². The van der Waals surface area contributed by atoms with E-state index < -0.39 is 47.6 Å². The number of carbonyl (C=O) groups excluding carboxylic acids is 3. The number of hydrogen-bond acceptors (Lipinski definition) is 9. The number of aromatic nitrogens is 2. The van der Waals surface area contributed by atoms with Gasteiger partial charge in [-0.2, -0.15) is 0 Å². The number of esters is 1. The molecular weight excluding hydrogens is 352 g/mol. The Hall–Kier alpha value is -2.95. The number of rotatable bonds is 5. The molecule has 0 aliphatic carbocycles. The van der Waals surface area contributed by atoms with Crippen molar-refractivity contribution in [3.8, 4) is 0 Å². The zero-order valence-electron chi connectivity index (χ0n) is 14.3. The number of nitrogens with one attached hydrogen (secondary N) is 1. The Kier molecular flexibility index (Phi) is 5.93. The molecule has 0 saturated carbocycles. The Labute approximate surface area is 146 Å². The molecule has 26 heavy (non-hydrogen) atoms. The van der Waals surface area contributed by atoms with Gasteiger partial charge in [-0.05, 0) is 6.92 Å². The van der Waals surface area contributed by atoms with Crippen LogP contribution in [-0.4, -0.2) is 53.4 Å². The first kappa shape index (κ1) is 19.4. The third kappa shape index (κ3) is 4.36. The molecule has 0 bridgehead atoms. The molecule has 1 aromatic rings. The van der Waals surface area contributed by atoms with Crippen molar-refractivity contribution >= 4 is 17.9 Å². The van der Waals surface area contributed by atoms with Crippen LogP contribution in [0.25, 0.3) is 0 Å². The van der Waals surface area contributed by atoms with Gasteiger partial charge in [0.25, 0.3) is 5.56 Å². The summed E-state index contributed by atoms with van der Waals surface area (Å²) in [7, 11) is 1.14. The van der Waals surface area contributed by atoms with Crippen molar-refractivity contribution in [3.63, 3.8) is 0 Å². The fourth-order valence-corrected chi connectivity index (χ4v) is 2.53. The predicted octanol–water partition coefficient (Wildman–Crippen LogP) is -0.259. The summed E-state index contributed by atoms with van der Waals surface area (Å²) >= 11 is 0. The lowest BCUT2D eigenvalue weighted by Crippen LogP contribution is -2.38. The monoisotopic (exact) mass is 370 g/mol. The van der Waals surface area contributed by atoms with Crippen molar-refractivity contribution in [2.75, 3.05) is 13.7 Å². The normalized spacial score (nSPS) is 21.9. The van der Waals surface area contributed by atoms with Gasteiger partial charge >= 0.3 is 17.8 Å². The summed E-state index contributed by atoms with van der Waals surface area (Å²) in [6.45, 7) is 2.16. The molecule has 1 aromatic heterocycles. The number of nitrogens with zero attached hydrogens (tertiary/aromatic N) is 1. The number of Topliss-reactive ketones (excluding diaryl/α,β-unsaturated/α-hetero) is 1. The standard InChI is InChI=1S/C15H18N2O9/c1-7(18)10-5-17(14(21)16-12(10)20)13-11(25-8(2)19)4-9(26-13)6-24-15(22)23-3/h5,9,11,13H,4,6H2,1-3H3,(H,16,20,21)/t9-,11+,13+/m0/s1. The second-order valence-electron chi connectivity index (χ2n) is 5.56. The molecule has 11 nitrogen and oxygen atoms in total. The van der Waals surface area contributed by atoms with Crippen LogP contribution in [0.2, 0.25) is 0 Å². The molecule has 0 aromatic carbocycles. The van der Waals surface area contributed by atoms with Gasteiger partial charge in [0.05, 0.1) is 18.8 Å². The van der Waals surface area contributed by atoms with E-state index in [2.05, 4.69) is 4.74 Å². The van der Waals surface area contributed by atoms with Crippen molar-refractivity contribution in [1.29, 1.82) is 0 Å². The minimum absolute atomic E-state index is 0.127. The first-order chi connectivity index (χ1) is 12.2. The number of carbonyl (C=O) groups is 3. The van der Waals surface area contributed by atoms with Gasteiger partial charge in [-0.1, -0.05) is 0 Å². The smallest absolute Gasteiger partial charge is 0.458 e. The highest BCUT2D eigenvalue weighted by molar-refractivity contribution is 5.93. The van der Waals surface area contributed by atoms with E-state index in [1.54, 1.807) is 0 Å². The highest BCUT2D eigenvalue weighted by atomic mass is 16.7. The van der Waals surface area contributed by atoms with Gasteiger partial charge < -0.3 is 18.9 Å². The van der Waals surface area contributed by atoms with E-state index in [0.717, 1.165) is 17.9 Å². The van der Waals surface area contributed by atoms with Crippen LogP contribution in [0.3, 0.4) is 0 Å². The fourth-order valence-electron chi connectivity index (χ4n) is 2.53. The van der Waals surface area contributed by atoms with Crippen molar-refractivity contribution in [3.05, 3.63) is 32.6 Å². The molecule has 2 heterocycles. The van der Waals surface area contributed by atoms with E-state index >= 15 is 0 Å². The molecule has 11 heteroatoms. The lowest BCUT2D eigenvalue weighted by atomic mass is 10.2. The van der Waals surface area contributed by atoms with Gasteiger partial charge in [-0.15, -0.1) is 0 Å². The maximum atomic E-state index is 12.1. The average Bonchev–Trinajstić information content (AvgIpc) is 2.94. The number of ether oxygens (including phenoxy) is 4. The van der Waals surface area contributed by atoms with E-state index in [9.17, 15) is 24.0 Å². The first-order valence-corrected chi connectivity index (χ1v) is 7.62. The third-order valence-corrected chi connectivity index (χ3v) is 3.64. The van der Waals surface area contributed by atoms with Crippen LogP contribution < -0.4 is 11.2 Å². The highest BCUT2D eigenvalue weighted by Crippen LogP contribution is 2.30. The van der Waals surface area contributed by atoms with Crippen LogP contribution in [0.1, 0.15) is 36.9 Å². The molecule has 0 unspecified atom stereocenters. The van der Waals surface area contributed by atoms with Gasteiger partial charge in [-0.25, -0.2) is 9.59 Å². The maximum absolute atomic E-state index is 12.1. The van der Waals surface area contributed by atoms with Crippen molar-refractivity contribution in [2.24, 2.45) is 0 Å². The Bertz CT molecular complexity index is 825. The van der Waals surface area contributed by atoms with Gasteiger partial charge in [-0.3, -0.25) is 23.9 Å². The zero-order valence-corrected chi connectivity index (χ0v) is 14.3. The molecule has 0 amide bonds. The number of H-pyrrole nitrogens is 1. The Morgan fingerprint density at radius 1 is 1.31 bits per heavy atom. The summed E-state index contributed by atoms with van der Waals surface area (Å²) in [4.78, 5) is 59.8. The molecule has 1 fully saturated rings. The fraction of sp³-hybridized carbons (Fsp3) is 0.533. The van der Waals surface area contributed by atoms with Crippen molar-refractivity contribution in [1.82, 2.24) is 9.55 Å².